The number of aliphatic carboxylic acids is 1. The first-order valence-electron chi connectivity index (χ1n) is 8.47. The Morgan fingerprint density at radius 2 is 1.76 bits per heavy atom. The molecule has 5 heteroatoms. The molecule has 25 heavy (non-hydrogen) atoms. The van der Waals surface area contributed by atoms with Crippen LogP contribution in [0.1, 0.15) is 22.7 Å². The quantitative estimate of drug-likeness (QED) is 0.914. The molecule has 2 aromatic rings. The van der Waals surface area contributed by atoms with Gasteiger partial charge in [-0.2, -0.15) is 0 Å². The third-order valence-electron chi connectivity index (χ3n) is 5.03. The molecule has 2 aromatic carbocycles. The molecule has 5 nitrogen and oxygen atoms in total. The molecule has 2 aliphatic heterocycles. The van der Waals surface area contributed by atoms with Crippen molar-refractivity contribution >= 4 is 11.9 Å². The molecule has 0 saturated heterocycles. The third kappa shape index (κ3) is 2.76. The van der Waals surface area contributed by atoms with Crippen LogP contribution in [0.2, 0.25) is 0 Å². The number of nitrogens with zero attached hydrogens (tertiary/aromatic N) is 1. The highest BCUT2D eigenvalue weighted by Crippen LogP contribution is 2.33. The van der Waals surface area contributed by atoms with E-state index >= 15 is 0 Å². The summed E-state index contributed by atoms with van der Waals surface area (Å²) >= 11 is 0. The van der Waals surface area contributed by atoms with Crippen LogP contribution in [0.4, 0.5) is 0 Å². The summed E-state index contributed by atoms with van der Waals surface area (Å²) in [5.41, 5.74) is 2.72. The lowest BCUT2D eigenvalue weighted by Gasteiger charge is -2.37. The van der Waals surface area contributed by atoms with Gasteiger partial charge in [-0.15, -0.1) is 0 Å². The molecule has 1 amide bonds. The van der Waals surface area contributed by atoms with Gasteiger partial charge in [-0.3, -0.25) is 4.79 Å². The van der Waals surface area contributed by atoms with E-state index in [2.05, 4.69) is 0 Å². The van der Waals surface area contributed by atoms with Crippen molar-refractivity contribution in [1.82, 2.24) is 4.90 Å². The van der Waals surface area contributed by atoms with Gasteiger partial charge in [-0.1, -0.05) is 42.5 Å². The summed E-state index contributed by atoms with van der Waals surface area (Å²) in [6.07, 6.45) is 1.26. The number of benzene rings is 2. The van der Waals surface area contributed by atoms with Gasteiger partial charge in [0.05, 0.1) is 5.92 Å². The van der Waals surface area contributed by atoms with Crippen molar-refractivity contribution in [2.75, 3.05) is 13.2 Å². The average molecular weight is 337 g/mol. The van der Waals surface area contributed by atoms with Gasteiger partial charge in [0.25, 0.3) is 0 Å². The summed E-state index contributed by atoms with van der Waals surface area (Å²) in [4.78, 5) is 26.5. The smallest absolute Gasteiger partial charge is 0.331 e. The second-order valence-corrected chi connectivity index (χ2v) is 6.54. The number of fused-ring (bicyclic) bond motifs is 2. The fourth-order valence-electron chi connectivity index (χ4n) is 3.79. The minimum absolute atomic E-state index is 0.142. The van der Waals surface area contributed by atoms with Crippen LogP contribution in [0, 0.1) is 5.92 Å². The van der Waals surface area contributed by atoms with Crippen molar-refractivity contribution in [3.63, 3.8) is 0 Å². The number of rotatable bonds is 2. The van der Waals surface area contributed by atoms with Crippen LogP contribution in [0.5, 0.6) is 5.75 Å². The van der Waals surface area contributed by atoms with Crippen LogP contribution in [0.25, 0.3) is 0 Å². The van der Waals surface area contributed by atoms with Gasteiger partial charge in [0, 0.05) is 6.54 Å². The Labute approximate surface area is 145 Å². The Morgan fingerprint density at radius 1 is 1.04 bits per heavy atom. The van der Waals surface area contributed by atoms with E-state index in [1.54, 1.807) is 6.07 Å². The van der Waals surface area contributed by atoms with Crippen LogP contribution in [0.15, 0.2) is 48.5 Å². The van der Waals surface area contributed by atoms with E-state index in [9.17, 15) is 14.7 Å². The maximum atomic E-state index is 13.1. The first-order chi connectivity index (χ1) is 12.1. The van der Waals surface area contributed by atoms with E-state index in [4.69, 9.17) is 4.74 Å². The van der Waals surface area contributed by atoms with Crippen molar-refractivity contribution in [2.45, 2.75) is 18.9 Å². The predicted octanol–water partition coefficient (Wildman–Crippen LogP) is 2.45. The van der Waals surface area contributed by atoms with Gasteiger partial charge < -0.3 is 14.7 Å². The third-order valence-corrected chi connectivity index (χ3v) is 5.03. The Morgan fingerprint density at radius 3 is 2.56 bits per heavy atom. The summed E-state index contributed by atoms with van der Waals surface area (Å²) < 4.78 is 5.72. The topological polar surface area (TPSA) is 66.8 Å². The number of hydrogen-bond donors (Lipinski definition) is 1. The molecule has 0 bridgehead atoms. The highest BCUT2D eigenvalue weighted by molar-refractivity contribution is 5.87. The molecule has 0 spiro atoms. The Balaban J connectivity index is 1.61. The molecule has 2 unspecified atom stereocenters. The van der Waals surface area contributed by atoms with Crippen LogP contribution < -0.4 is 4.74 Å². The van der Waals surface area contributed by atoms with Gasteiger partial charge in [0.15, 0.2) is 6.04 Å². The number of hydrogen-bond acceptors (Lipinski definition) is 3. The molecule has 2 atom stereocenters. The van der Waals surface area contributed by atoms with E-state index in [0.29, 0.717) is 31.6 Å². The minimum Gasteiger partial charge on any atom is -0.492 e. The van der Waals surface area contributed by atoms with E-state index in [1.165, 1.54) is 4.90 Å². The molecule has 0 aromatic heterocycles. The predicted molar refractivity (Wildman–Crippen MR) is 91.4 cm³/mol. The van der Waals surface area contributed by atoms with Crippen molar-refractivity contribution in [3.05, 3.63) is 65.2 Å². The summed E-state index contributed by atoms with van der Waals surface area (Å²) in [5.74, 6) is -0.665. The number of carbonyl (C=O) groups excluding carboxylic acids is 1. The van der Waals surface area contributed by atoms with Gasteiger partial charge in [-0.25, -0.2) is 4.79 Å². The average Bonchev–Trinajstić information content (AvgIpc) is 2.66. The number of para-hydroxylation sites is 1. The van der Waals surface area contributed by atoms with Crippen LogP contribution in [-0.4, -0.2) is 35.0 Å². The number of amides is 1. The van der Waals surface area contributed by atoms with E-state index in [-0.39, 0.29) is 11.8 Å². The first-order valence-corrected chi connectivity index (χ1v) is 8.47. The maximum Gasteiger partial charge on any atom is 0.331 e. The largest absolute Gasteiger partial charge is 0.492 e. The fraction of sp³-hybridized carbons (Fsp3) is 0.300. The van der Waals surface area contributed by atoms with Crippen molar-refractivity contribution in [3.8, 4) is 5.75 Å². The van der Waals surface area contributed by atoms with Gasteiger partial charge in [0.2, 0.25) is 5.91 Å². The number of ether oxygens (including phenoxy) is 1. The monoisotopic (exact) mass is 337 g/mol. The highest BCUT2D eigenvalue weighted by Gasteiger charge is 2.39. The Bertz CT molecular complexity index is 832. The SMILES string of the molecule is O=C(O)C1c2ccccc2CCN1C(=O)C1COc2ccccc2C1. The molecular weight excluding hydrogens is 318 g/mol. The lowest BCUT2D eigenvalue weighted by molar-refractivity contribution is -0.153. The van der Waals surface area contributed by atoms with Crippen molar-refractivity contribution in [1.29, 1.82) is 0 Å². The molecule has 1 N–H and O–H groups in total. The molecule has 2 aliphatic rings. The highest BCUT2D eigenvalue weighted by atomic mass is 16.5. The van der Waals surface area contributed by atoms with Gasteiger partial charge >= 0.3 is 5.97 Å². The molecule has 2 heterocycles. The maximum absolute atomic E-state index is 13.1. The Hall–Kier alpha value is -2.82. The molecular formula is C20H19NO4. The molecule has 0 aliphatic carbocycles. The zero-order valence-corrected chi connectivity index (χ0v) is 13.7. The van der Waals surface area contributed by atoms with Gasteiger partial charge in [-0.05, 0) is 35.6 Å². The van der Waals surface area contributed by atoms with E-state index < -0.39 is 12.0 Å². The standard InChI is InChI=1S/C20H19NO4/c22-19(15-11-14-6-2-4-8-17(14)25-12-15)21-10-9-13-5-1-3-7-16(13)18(21)20(23)24/h1-8,15,18H,9-12H2,(H,23,24). The number of carboxylic acids is 1. The van der Waals surface area contributed by atoms with Crippen LogP contribution in [0.3, 0.4) is 0 Å². The van der Waals surface area contributed by atoms with E-state index in [1.807, 2.05) is 42.5 Å². The fourth-order valence-corrected chi connectivity index (χ4v) is 3.79. The molecule has 4 rings (SSSR count). The second-order valence-electron chi connectivity index (χ2n) is 6.54. The minimum atomic E-state index is -0.988. The van der Waals surface area contributed by atoms with Gasteiger partial charge in [0.1, 0.15) is 12.4 Å². The van der Waals surface area contributed by atoms with Crippen LogP contribution >= 0.6 is 0 Å². The zero-order valence-electron chi connectivity index (χ0n) is 13.7. The Kier molecular flexibility index (Phi) is 3.92. The molecule has 128 valence electrons. The summed E-state index contributed by atoms with van der Waals surface area (Å²) in [5, 5.41) is 9.74. The van der Waals surface area contributed by atoms with Crippen molar-refractivity contribution < 1.29 is 19.4 Å². The molecule has 0 fully saturated rings. The summed E-state index contributed by atoms with van der Waals surface area (Å²) in [6, 6.07) is 14.2. The molecule has 0 radical (unpaired) electrons. The number of carboxylic acid groups (broad SMARTS) is 1. The van der Waals surface area contributed by atoms with Crippen LogP contribution in [-0.2, 0) is 22.4 Å². The van der Waals surface area contributed by atoms with Crippen molar-refractivity contribution in [2.24, 2.45) is 5.92 Å². The van der Waals surface area contributed by atoms with E-state index in [0.717, 1.165) is 16.9 Å². The summed E-state index contributed by atoms with van der Waals surface area (Å²) in [6.45, 7) is 0.714. The first kappa shape index (κ1) is 15.7. The zero-order chi connectivity index (χ0) is 17.4. The lowest BCUT2D eigenvalue weighted by Crippen LogP contribution is -2.48. The number of carbonyl (C=O) groups is 2. The summed E-state index contributed by atoms with van der Waals surface area (Å²) in [7, 11) is 0. The molecule has 0 saturated carbocycles. The normalized spacial score (nSPS) is 21.7. The lowest BCUT2D eigenvalue weighted by atomic mass is 9.89. The second kappa shape index (κ2) is 6.24.